The predicted molar refractivity (Wildman–Crippen MR) is 59.4 cm³/mol. The number of aryl methyl sites for hydroxylation is 1. The molecule has 1 rings (SSSR count). The Labute approximate surface area is 99.0 Å². The Morgan fingerprint density at radius 3 is 2.65 bits per heavy atom. The molecule has 0 aliphatic carbocycles. The first-order chi connectivity index (χ1) is 7.78. The van der Waals surface area contributed by atoms with E-state index in [-0.39, 0.29) is 18.7 Å². The van der Waals surface area contributed by atoms with Crippen LogP contribution in [0.1, 0.15) is 31.9 Å². The summed E-state index contributed by atoms with van der Waals surface area (Å²) < 4.78 is 5.04. The second-order valence-corrected chi connectivity index (χ2v) is 4.56. The summed E-state index contributed by atoms with van der Waals surface area (Å²) >= 11 is 0. The van der Waals surface area contributed by atoms with Gasteiger partial charge in [0.1, 0.15) is 12.7 Å². The normalized spacial score (nSPS) is 11.2. The van der Waals surface area contributed by atoms with Crippen molar-refractivity contribution in [2.24, 2.45) is 0 Å². The number of oxazole rings is 1. The number of aromatic nitrogens is 1. The van der Waals surface area contributed by atoms with E-state index < -0.39 is 11.5 Å². The molecule has 1 aromatic heterocycles. The number of hydrogen-bond acceptors (Lipinski definition) is 4. The van der Waals surface area contributed by atoms with Crippen molar-refractivity contribution in [2.75, 3.05) is 0 Å². The lowest BCUT2D eigenvalue weighted by atomic mass is 10.0. The van der Waals surface area contributed by atoms with Gasteiger partial charge in [-0.15, -0.1) is 0 Å². The van der Waals surface area contributed by atoms with E-state index in [0.717, 1.165) is 0 Å². The summed E-state index contributed by atoms with van der Waals surface area (Å²) in [6.45, 7) is 5.07. The molecular weight excluding hydrogens is 224 g/mol. The topological polar surface area (TPSA) is 92.4 Å². The Bertz CT molecular complexity index is 423. The Kier molecular flexibility index (Phi) is 3.88. The zero-order valence-electron chi connectivity index (χ0n) is 10.1. The first-order valence-electron chi connectivity index (χ1n) is 5.22. The Morgan fingerprint density at radius 1 is 1.53 bits per heavy atom. The van der Waals surface area contributed by atoms with Crippen LogP contribution in [0.2, 0.25) is 0 Å². The van der Waals surface area contributed by atoms with Crippen LogP contribution in [0.5, 0.6) is 0 Å². The molecule has 6 nitrogen and oxygen atoms in total. The van der Waals surface area contributed by atoms with Crippen molar-refractivity contribution in [1.29, 1.82) is 0 Å². The zero-order valence-corrected chi connectivity index (χ0v) is 10.1. The molecule has 0 aromatic carbocycles. The minimum atomic E-state index is -0.956. The second-order valence-electron chi connectivity index (χ2n) is 4.56. The maximum absolute atomic E-state index is 11.6. The highest BCUT2D eigenvalue weighted by atomic mass is 16.4. The summed E-state index contributed by atoms with van der Waals surface area (Å²) in [6, 6.07) is 0. The van der Waals surface area contributed by atoms with Gasteiger partial charge in [0.2, 0.25) is 11.8 Å². The number of carbonyl (C=O) groups is 2. The molecule has 0 radical (unpaired) electrons. The standard InChI is InChI=1S/C11H16N2O4/c1-7-6-17-9(12-7)4-8(14)13-11(2,3)5-10(15)16/h6H,4-5H2,1-3H3,(H,13,14)(H,15,16). The average molecular weight is 240 g/mol. The van der Waals surface area contributed by atoms with Crippen LogP contribution in [0.25, 0.3) is 0 Å². The predicted octanol–water partition coefficient (Wildman–Crippen LogP) is 0.895. The molecule has 0 aliphatic rings. The van der Waals surface area contributed by atoms with Gasteiger partial charge in [-0.2, -0.15) is 0 Å². The molecular formula is C11H16N2O4. The molecule has 0 fully saturated rings. The van der Waals surface area contributed by atoms with E-state index in [0.29, 0.717) is 11.6 Å². The van der Waals surface area contributed by atoms with Crippen molar-refractivity contribution in [2.45, 2.75) is 39.2 Å². The van der Waals surface area contributed by atoms with Gasteiger partial charge in [-0.1, -0.05) is 0 Å². The van der Waals surface area contributed by atoms with Gasteiger partial charge in [0.05, 0.1) is 12.1 Å². The summed E-state index contributed by atoms with van der Waals surface area (Å²) in [5.74, 6) is -0.938. The molecule has 17 heavy (non-hydrogen) atoms. The van der Waals surface area contributed by atoms with E-state index in [1.807, 2.05) is 0 Å². The third-order valence-corrected chi connectivity index (χ3v) is 2.05. The van der Waals surface area contributed by atoms with Gasteiger partial charge < -0.3 is 14.8 Å². The van der Waals surface area contributed by atoms with Crippen molar-refractivity contribution in [3.8, 4) is 0 Å². The summed E-state index contributed by atoms with van der Waals surface area (Å²) in [5, 5.41) is 11.3. The first-order valence-corrected chi connectivity index (χ1v) is 5.22. The van der Waals surface area contributed by atoms with Crippen LogP contribution in [0.3, 0.4) is 0 Å². The maximum Gasteiger partial charge on any atom is 0.305 e. The van der Waals surface area contributed by atoms with E-state index >= 15 is 0 Å². The summed E-state index contributed by atoms with van der Waals surface area (Å²) in [4.78, 5) is 26.2. The fourth-order valence-electron chi connectivity index (χ4n) is 1.47. The van der Waals surface area contributed by atoms with Crippen LogP contribution in [0, 0.1) is 6.92 Å². The van der Waals surface area contributed by atoms with Gasteiger partial charge in [-0.25, -0.2) is 4.98 Å². The molecule has 0 aliphatic heterocycles. The van der Waals surface area contributed by atoms with Crippen molar-refractivity contribution < 1.29 is 19.1 Å². The molecule has 94 valence electrons. The quantitative estimate of drug-likeness (QED) is 0.797. The zero-order chi connectivity index (χ0) is 13.1. The largest absolute Gasteiger partial charge is 0.481 e. The fourth-order valence-corrected chi connectivity index (χ4v) is 1.47. The van der Waals surface area contributed by atoms with E-state index in [2.05, 4.69) is 10.3 Å². The highest BCUT2D eigenvalue weighted by Gasteiger charge is 2.24. The SMILES string of the molecule is Cc1coc(CC(=O)NC(C)(C)CC(=O)O)n1. The average Bonchev–Trinajstić information content (AvgIpc) is 2.46. The first kappa shape index (κ1) is 13.2. The summed E-state index contributed by atoms with van der Waals surface area (Å²) in [7, 11) is 0. The van der Waals surface area contributed by atoms with Crippen LogP contribution in [-0.2, 0) is 16.0 Å². The molecule has 0 bridgehead atoms. The minimum absolute atomic E-state index is 0.0108. The van der Waals surface area contributed by atoms with E-state index in [9.17, 15) is 9.59 Å². The van der Waals surface area contributed by atoms with Gasteiger partial charge in [0, 0.05) is 5.54 Å². The van der Waals surface area contributed by atoms with E-state index in [4.69, 9.17) is 9.52 Å². The highest BCUT2D eigenvalue weighted by molar-refractivity contribution is 5.79. The number of aliphatic carboxylic acids is 1. The van der Waals surface area contributed by atoms with Gasteiger partial charge in [-0.3, -0.25) is 9.59 Å². The molecule has 1 aromatic rings. The molecule has 2 N–H and O–H groups in total. The van der Waals surface area contributed by atoms with Crippen molar-refractivity contribution in [3.63, 3.8) is 0 Å². The lowest BCUT2D eigenvalue weighted by molar-refractivity contribution is -0.138. The number of nitrogens with zero attached hydrogens (tertiary/aromatic N) is 1. The fraction of sp³-hybridized carbons (Fsp3) is 0.545. The van der Waals surface area contributed by atoms with Gasteiger partial charge in [0.25, 0.3) is 0 Å². The smallest absolute Gasteiger partial charge is 0.305 e. The Hall–Kier alpha value is -1.85. The maximum atomic E-state index is 11.6. The lowest BCUT2D eigenvalue weighted by Crippen LogP contribution is -2.45. The molecule has 1 heterocycles. The van der Waals surface area contributed by atoms with Crippen molar-refractivity contribution in [1.82, 2.24) is 10.3 Å². The second kappa shape index (κ2) is 4.99. The van der Waals surface area contributed by atoms with Crippen LogP contribution in [0.4, 0.5) is 0 Å². The number of rotatable bonds is 5. The van der Waals surface area contributed by atoms with Gasteiger partial charge in [0.15, 0.2) is 0 Å². The molecule has 0 unspecified atom stereocenters. The van der Waals surface area contributed by atoms with Crippen LogP contribution < -0.4 is 5.32 Å². The minimum Gasteiger partial charge on any atom is -0.481 e. The van der Waals surface area contributed by atoms with Gasteiger partial charge in [-0.05, 0) is 20.8 Å². The molecule has 1 amide bonds. The molecule has 0 atom stereocenters. The van der Waals surface area contributed by atoms with Crippen LogP contribution in [0.15, 0.2) is 10.7 Å². The Balaban J connectivity index is 2.52. The Morgan fingerprint density at radius 2 is 2.18 bits per heavy atom. The number of carboxylic acids is 1. The summed E-state index contributed by atoms with van der Waals surface area (Å²) in [5.41, 5.74) is -0.0810. The highest BCUT2D eigenvalue weighted by Crippen LogP contribution is 2.09. The van der Waals surface area contributed by atoms with Gasteiger partial charge >= 0.3 is 5.97 Å². The third kappa shape index (κ3) is 4.67. The van der Waals surface area contributed by atoms with Crippen LogP contribution >= 0.6 is 0 Å². The molecule has 6 heteroatoms. The van der Waals surface area contributed by atoms with Crippen molar-refractivity contribution in [3.05, 3.63) is 17.8 Å². The monoisotopic (exact) mass is 240 g/mol. The van der Waals surface area contributed by atoms with E-state index in [1.54, 1.807) is 20.8 Å². The summed E-state index contributed by atoms with van der Waals surface area (Å²) in [6.07, 6.45) is 1.34. The number of nitrogens with one attached hydrogen (secondary N) is 1. The number of carboxylic acid groups (broad SMARTS) is 1. The van der Waals surface area contributed by atoms with E-state index in [1.165, 1.54) is 6.26 Å². The van der Waals surface area contributed by atoms with Crippen LogP contribution in [-0.4, -0.2) is 27.5 Å². The van der Waals surface area contributed by atoms with Crippen molar-refractivity contribution >= 4 is 11.9 Å². The molecule has 0 spiro atoms. The number of amides is 1. The number of hydrogen-bond donors (Lipinski definition) is 2. The number of carbonyl (C=O) groups excluding carboxylic acids is 1. The molecule has 0 saturated carbocycles. The third-order valence-electron chi connectivity index (χ3n) is 2.05. The lowest BCUT2D eigenvalue weighted by Gasteiger charge is -2.23. The molecule has 0 saturated heterocycles.